The summed E-state index contributed by atoms with van der Waals surface area (Å²) in [6.07, 6.45) is -0.0832. The molecule has 0 aliphatic carbocycles. The summed E-state index contributed by atoms with van der Waals surface area (Å²) in [6.45, 7) is 4.86. The molecule has 5 heteroatoms. The van der Waals surface area contributed by atoms with Crippen LogP contribution in [0.1, 0.15) is 13.8 Å². The fourth-order valence-electron chi connectivity index (χ4n) is 1.85. The molecule has 0 saturated carbocycles. The molecule has 0 bridgehead atoms. The minimum atomic E-state index is -0.525. The van der Waals surface area contributed by atoms with E-state index in [1.54, 1.807) is 19.1 Å². The zero-order valence-corrected chi connectivity index (χ0v) is 11.1. The number of methoxy groups -OCH3 is 2. The number of halogens is 1. The molecule has 1 aliphatic heterocycles. The number of hydrogen-bond donors (Lipinski definition) is 0. The third-order valence-electron chi connectivity index (χ3n) is 3.02. The molecule has 0 aromatic carbocycles. The van der Waals surface area contributed by atoms with Crippen molar-refractivity contribution in [3.63, 3.8) is 0 Å². The highest BCUT2D eigenvalue weighted by Gasteiger charge is 2.40. The molecule has 1 fully saturated rings. The molecule has 0 aromatic rings. The van der Waals surface area contributed by atoms with Crippen LogP contribution in [0.5, 0.6) is 0 Å². The highest BCUT2D eigenvalue weighted by atomic mass is 35.5. The lowest BCUT2D eigenvalue weighted by molar-refractivity contribution is -0.138. The van der Waals surface area contributed by atoms with Crippen LogP contribution in [0.4, 0.5) is 0 Å². The van der Waals surface area contributed by atoms with Gasteiger partial charge in [0, 0.05) is 33.2 Å². The Morgan fingerprint density at radius 2 is 1.75 bits per heavy atom. The molecule has 0 radical (unpaired) electrons. The van der Waals surface area contributed by atoms with Gasteiger partial charge in [-0.25, -0.2) is 0 Å². The second-order valence-corrected chi connectivity index (χ2v) is 5.04. The standard InChI is InChI=1S/C11H20ClNO3/c1-11(2,7-12)10(14)13-5-8(15-3)9(6-13)16-4/h8-9H,5-7H2,1-4H3. The van der Waals surface area contributed by atoms with E-state index < -0.39 is 5.41 Å². The van der Waals surface area contributed by atoms with Crippen LogP contribution >= 0.6 is 11.6 Å². The summed E-state index contributed by atoms with van der Waals surface area (Å²) in [7, 11) is 3.27. The van der Waals surface area contributed by atoms with Crippen molar-refractivity contribution in [2.75, 3.05) is 33.2 Å². The van der Waals surface area contributed by atoms with E-state index in [-0.39, 0.29) is 18.1 Å². The Labute approximate surface area is 102 Å². The van der Waals surface area contributed by atoms with E-state index in [0.717, 1.165) is 0 Å². The lowest BCUT2D eigenvalue weighted by Crippen LogP contribution is -2.41. The summed E-state index contributed by atoms with van der Waals surface area (Å²) in [6, 6.07) is 0. The predicted octanol–water partition coefficient (Wildman–Crippen LogP) is 1.12. The molecule has 1 heterocycles. The Morgan fingerprint density at radius 1 is 1.31 bits per heavy atom. The van der Waals surface area contributed by atoms with Gasteiger partial charge in [-0.2, -0.15) is 0 Å². The van der Waals surface area contributed by atoms with Crippen LogP contribution in [0.15, 0.2) is 0 Å². The molecule has 4 nitrogen and oxygen atoms in total. The second-order valence-electron chi connectivity index (χ2n) is 4.78. The molecule has 0 N–H and O–H groups in total. The maximum Gasteiger partial charge on any atom is 0.229 e. The topological polar surface area (TPSA) is 38.8 Å². The van der Waals surface area contributed by atoms with Crippen LogP contribution in [-0.4, -0.2) is 56.2 Å². The first-order chi connectivity index (χ1) is 7.46. The fourth-order valence-corrected chi connectivity index (χ4v) is 1.96. The predicted molar refractivity (Wildman–Crippen MR) is 62.7 cm³/mol. The Kier molecular flexibility index (Phi) is 4.59. The number of nitrogens with zero attached hydrogens (tertiary/aromatic N) is 1. The number of carbonyl (C=O) groups is 1. The van der Waals surface area contributed by atoms with Crippen molar-refractivity contribution in [2.24, 2.45) is 5.41 Å². The van der Waals surface area contributed by atoms with Gasteiger partial charge < -0.3 is 14.4 Å². The van der Waals surface area contributed by atoms with Gasteiger partial charge in [0.15, 0.2) is 0 Å². The Morgan fingerprint density at radius 3 is 2.06 bits per heavy atom. The van der Waals surface area contributed by atoms with Crippen LogP contribution < -0.4 is 0 Å². The van der Waals surface area contributed by atoms with Crippen LogP contribution in [0.3, 0.4) is 0 Å². The molecular weight excluding hydrogens is 230 g/mol. The number of likely N-dealkylation sites (tertiary alicyclic amines) is 1. The maximum atomic E-state index is 12.2. The highest BCUT2D eigenvalue weighted by molar-refractivity contribution is 6.19. The summed E-state index contributed by atoms with van der Waals surface area (Å²) < 4.78 is 10.6. The molecule has 0 spiro atoms. The van der Waals surface area contributed by atoms with Crippen molar-refractivity contribution in [1.82, 2.24) is 4.90 Å². The number of hydrogen-bond acceptors (Lipinski definition) is 3. The molecule has 0 aromatic heterocycles. The number of alkyl halides is 1. The van der Waals surface area contributed by atoms with E-state index in [1.165, 1.54) is 0 Å². The summed E-state index contributed by atoms with van der Waals surface area (Å²) in [5.41, 5.74) is -0.525. The molecule has 1 saturated heterocycles. The maximum absolute atomic E-state index is 12.2. The molecule has 16 heavy (non-hydrogen) atoms. The average Bonchev–Trinajstić information content (AvgIpc) is 2.70. The molecule has 1 rings (SSSR count). The smallest absolute Gasteiger partial charge is 0.229 e. The zero-order chi connectivity index (χ0) is 12.3. The van der Waals surface area contributed by atoms with Gasteiger partial charge in [-0.05, 0) is 13.8 Å². The quantitative estimate of drug-likeness (QED) is 0.701. The van der Waals surface area contributed by atoms with Crippen molar-refractivity contribution in [3.8, 4) is 0 Å². The van der Waals surface area contributed by atoms with Gasteiger partial charge >= 0.3 is 0 Å². The Balaban J connectivity index is 2.67. The van der Waals surface area contributed by atoms with Crippen molar-refractivity contribution in [2.45, 2.75) is 26.1 Å². The van der Waals surface area contributed by atoms with E-state index in [0.29, 0.717) is 19.0 Å². The fraction of sp³-hybridized carbons (Fsp3) is 0.909. The first-order valence-corrected chi connectivity index (χ1v) is 5.90. The lowest BCUT2D eigenvalue weighted by atomic mass is 9.94. The Hall–Kier alpha value is -0.320. The van der Waals surface area contributed by atoms with Crippen LogP contribution in [0.2, 0.25) is 0 Å². The van der Waals surface area contributed by atoms with E-state index in [1.807, 2.05) is 13.8 Å². The first-order valence-electron chi connectivity index (χ1n) is 5.37. The van der Waals surface area contributed by atoms with E-state index in [2.05, 4.69) is 0 Å². The van der Waals surface area contributed by atoms with Crippen LogP contribution in [-0.2, 0) is 14.3 Å². The zero-order valence-electron chi connectivity index (χ0n) is 10.3. The van der Waals surface area contributed by atoms with Gasteiger partial charge in [0.2, 0.25) is 5.91 Å². The van der Waals surface area contributed by atoms with Gasteiger partial charge in [0.05, 0.1) is 5.41 Å². The van der Waals surface area contributed by atoms with Crippen LogP contribution in [0.25, 0.3) is 0 Å². The van der Waals surface area contributed by atoms with Crippen molar-refractivity contribution in [3.05, 3.63) is 0 Å². The van der Waals surface area contributed by atoms with Gasteiger partial charge in [-0.1, -0.05) is 0 Å². The Bertz CT molecular complexity index is 246. The summed E-state index contributed by atoms with van der Waals surface area (Å²) in [4.78, 5) is 13.9. The van der Waals surface area contributed by atoms with E-state index in [9.17, 15) is 4.79 Å². The molecule has 2 atom stereocenters. The molecule has 94 valence electrons. The largest absolute Gasteiger partial charge is 0.377 e. The van der Waals surface area contributed by atoms with Crippen molar-refractivity contribution < 1.29 is 14.3 Å². The number of ether oxygens (including phenoxy) is 2. The molecule has 1 amide bonds. The van der Waals surface area contributed by atoms with Crippen LogP contribution in [0, 0.1) is 5.41 Å². The van der Waals surface area contributed by atoms with Crippen molar-refractivity contribution >= 4 is 17.5 Å². The SMILES string of the molecule is COC1CN(C(=O)C(C)(C)CCl)CC1OC. The number of rotatable bonds is 4. The third kappa shape index (κ3) is 2.67. The molecule has 1 aliphatic rings. The average molecular weight is 250 g/mol. The minimum Gasteiger partial charge on any atom is -0.377 e. The van der Waals surface area contributed by atoms with E-state index >= 15 is 0 Å². The van der Waals surface area contributed by atoms with Gasteiger partial charge in [-0.3, -0.25) is 4.79 Å². The van der Waals surface area contributed by atoms with Crippen molar-refractivity contribution in [1.29, 1.82) is 0 Å². The number of carbonyl (C=O) groups excluding carboxylic acids is 1. The second kappa shape index (κ2) is 5.34. The number of amides is 1. The highest BCUT2D eigenvalue weighted by Crippen LogP contribution is 2.25. The van der Waals surface area contributed by atoms with Gasteiger partial charge in [-0.15, -0.1) is 11.6 Å². The summed E-state index contributed by atoms with van der Waals surface area (Å²) in [5, 5.41) is 0. The minimum absolute atomic E-state index is 0.0416. The lowest BCUT2D eigenvalue weighted by Gasteiger charge is -2.27. The summed E-state index contributed by atoms with van der Waals surface area (Å²) >= 11 is 5.80. The van der Waals surface area contributed by atoms with Gasteiger partial charge in [0.25, 0.3) is 0 Å². The monoisotopic (exact) mass is 249 g/mol. The third-order valence-corrected chi connectivity index (χ3v) is 3.69. The normalized spacial score (nSPS) is 26.2. The molecule has 2 unspecified atom stereocenters. The first kappa shape index (κ1) is 13.7. The molecular formula is C11H20ClNO3. The van der Waals surface area contributed by atoms with E-state index in [4.69, 9.17) is 21.1 Å². The summed E-state index contributed by atoms with van der Waals surface area (Å²) in [5.74, 6) is 0.376. The van der Waals surface area contributed by atoms with Gasteiger partial charge in [0.1, 0.15) is 12.2 Å².